The van der Waals surface area contributed by atoms with Crippen LogP contribution in [-0.4, -0.2) is 16.8 Å². The number of benzene rings is 1. The van der Waals surface area contributed by atoms with Crippen molar-refractivity contribution in [1.82, 2.24) is 10.2 Å². The maximum absolute atomic E-state index is 6.10. The van der Waals surface area contributed by atoms with Gasteiger partial charge in [-0.25, -0.2) is 0 Å². The quantitative estimate of drug-likeness (QED) is 0.883. The molecule has 2 heterocycles. The molecular weight excluding hydrogens is 290 g/mol. The van der Waals surface area contributed by atoms with Crippen LogP contribution in [0.3, 0.4) is 0 Å². The minimum atomic E-state index is 0.491. The molecule has 1 aromatic heterocycles. The highest BCUT2D eigenvalue weighted by atomic mass is 35.5. The van der Waals surface area contributed by atoms with E-state index in [0.717, 1.165) is 39.5 Å². The molecule has 0 aliphatic carbocycles. The number of nitrogens with two attached hydrogens (primary N) is 1. The molecule has 2 aromatic rings. The number of aromatic nitrogens is 2. The highest BCUT2D eigenvalue weighted by molar-refractivity contribution is 8.00. The highest BCUT2D eigenvalue weighted by Gasteiger charge is 2.18. The molecule has 0 fully saturated rings. The number of hydrogen-bond acceptors (Lipinski definition) is 6. The van der Waals surface area contributed by atoms with E-state index in [4.69, 9.17) is 22.1 Å². The lowest BCUT2D eigenvalue weighted by molar-refractivity contribution is 0.354. The van der Waals surface area contributed by atoms with E-state index < -0.39 is 0 Å². The largest absolute Gasteiger partial charge is 0.493 e. The molecule has 2 N–H and O–H groups in total. The van der Waals surface area contributed by atoms with Gasteiger partial charge in [0, 0.05) is 22.8 Å². The number of nitrogen functional groups attached to an aromatic ring is 1. The Hall–Kier alpha value is -0.980. The van der Waals surface area contributed by atoms with Crippen molar-refractivity contribution >= 4 is 39.8 Å². The van der Waals surface area contributed by atoms with Gasteiger partial charge in [0.1, 0.15) is 5.75 Å². The third kappa shape index (κ3) is 2.41. The molecule has 1 aromatic carbocycles. The summed E-state index contributed by atoms with van der Waals surface area (Å²) in [5.41, 5.74) is 7.84. The average Bonchev–Trinajstić information content (AvgIpc) is 2.94. The summed E-state index contributed by atoms with van der Waals surface area (Å²) in [5, 5.41) is 9.01. The molecule has 94 valence electrons. The topological polar surface area (TPSA) is 61.0 Å². The van der Waals surface area contributed by atoms with E-state index in [2.05, 4.69) is 10.2 Å². The standard InChI is InChI=1S/C11H10ClN3OS2/c12-8-3-6-1-2-16-9(6)7(4-8)5-17-11-15-14-10(13)18-11/h3-4H,1-2,5H2,(H2,13,14). The minimum Gasteiger partial charge on any atom is -0.493 e. The average molecular weight is 300 g/mol. The van der Waals surface area contributed by atoms with Gasteiger partial charge in [0.25, 0.3) is 0 Å². The molecule has 7 heteroatoms. The van der Waals surface area contributed by atoms with Crippen molar-refractivity contribution in [2.45, 2.75) is 16.5 Å². The van der Waals surface area contributed by atoms with E-state index in [1.54, 1.807) is 11.8 Å². The van der Waals surface area contributed by atoms with E-state index in [9.17, 15) is 0 Å². The Morgan fingerprint density at radius 2 is 2.33 bits per heavy atom. The summed E-state index contributed by atoms with van der Waals surface area (Å²) in [7, 11) is 0. The van der Waals surface area contributed by atoms with E-state index in [0.29, 0.717) is 5.13 Å². The maximum Gasteiger partial charge on any atom is 0.203 e. The minimum absolute atomic E-state index is 0.491. The van der Waals surface area contributed by atoms with Gasteiger partial charge < -0.3 is 10.5 Å². The number of ether oxygens (including phenoxy) is 1. The normalized spacial score (nSPS) is 13.4. The molecule has 18 heavy (non-hydrogen) atoms. The number of hydrogen-bond donors (Lipinski definition) is 1. The number of rotatable bonds is 3. The lowest BCUT2D eigenvalue weighted by Gasteiger charge is -2.07. The zero-order valence-electron chi connectivity index (χ0n) is 9.35. The van der Waals surface area contributed by atoms with Crippen LogP contribution in [0.2, 0.25) is 5.02 Å². The van der Waals surface area contributed by atoms with Crippen LogP contribution in [0.15, 0.2) is 16.5 Å². The van der Waals surface area contributed by atoms with Crippen LogP contribution in [0.25, 0.3) is 0 Å². The zero-order valence-corrected chi connectivity index (χ0v) is 11.7. The summed E-state index contributed by atoms with van der Waals surface area (Å²) in [6.45, 7) is 0.735. The SMILES string of the molecule is Nc1nnc(SCc2cc(Cl)cc3c2OCC3)s1. The van der Waals surface area contributed by atoms with Crippen LogP contribution in [0.1, 0.15) is 11.1 Å². The van der Waals surface area contributed by atoms with E-state index in [1.165, 1.54) is 16.9 Å². The van der Waals surface area contributed by atoms with E-state index in [-0.39, 0.29) is 0 Å². The van der Waals surface area contributed by atoms with Crippen molar-refractivity contribution in [3.8, 4) is 5.75 Å². The van der Waals surface area contributed by atoms with Crippen molar-refractivity contribution in [3.05, 3.63) is 28.3 Å². The van der Waals surface area contributed by atoms with Crippen molar-refractivity contribution in [2.24, 2.45) is 0 Å². The number of nitrogens with zero attached hydrogens (tertiary/aromatic N) is 2. The van der Waals surface area contributed by atoms with Crippen LogP contribution in [0.4, 0.5) is 5.13 Å². The summed E-state index contributed by atoms with van der Waals surface area (Å²) in [4.78, 5) is 0. The predicted octanol–water partition coefficient (Wildman–Crippen LogP) is 3.00. The van der Waals surface area contributed by atoms with Gasteiger partial charge in [-0.05, 0) is 17.7 Å². The molecule has 0 bridgehead atoms. The van der Waals surface area contributed by atoms with Crippen LogP contribution >= 0.6 is 34.7 Å². The van der Waals surface area contributed by atoms with Gasteiger partial charge in [0.2, 0.25) is 5.13 Å². The summed E-state index contributed by atoms with van der Waals surface area (Å²) in [6, 6.07) is 3.92. The molecule has 3 rings (SSSR count). The van der Waals surface area contributed by atoms with Gasteiger partial charge >= 0.3 is 0 Å². The smallest absolute Gasteiger partial charge is 0.203 e. The van der Waals surface area contributed by atoms with Crippen LogP contribution in [0.5, 0.6) is 5.75 Å². The second-order valence-electron chi connectivity index (χ2n) is 3.85. The summed E-state index contributed by atoms with van der Waals surface area (Å²) in [5.74, 6) is 1.74. The molecular formula is C11H10ClN3OS2. The fourth-order valence-corrected chi connectivity index (χ4v) is 3.74. The third-order valence-corrected chi connectivity index (χ3v) is 4.75. The number of fused-ring (bicyclic) bond motifs is 1. The predicted molar refractivity (Wildman–Crippen MR) is 74.5 cm³/mol. The van der Waals surface area contributed by atoms with Crippen molar-refractivity contribution in [1.29, 1.82) is 0 Å². The summed E-state index contributed by atoms with van der Waals surface area (Å²) < 4.78 is 6.51. The fourth-order valence-electron chi connectivity index (χ4n) is 1.87. The van der Waals surface area contributed by atoms with E-state index in [1.807, 2.05) is 12.1 Å². The van der Waals surface area contributed by atoms with Gasteiger partial charge in [-0.2, -0.15) is 0 Å². The molecule has 0 radical (unpaired) electrons. The molecule has 0 saturated heterocycles. The molecule has 1 aliphatic rings. The second kappa shape index (κ2) is 4.95. The van der Waals surface area contributed by atoms with Crippen LogP contribution in [0, 0.1) is 0 Å². The number of thioether (sulfide) groups is 1. The van der Waals surface area contributed by atoms with Gasteiger partial charge in [-0.3, -0.25) is 0 Å². The van der Waals surface area contributed by atoms with Crippen LogP contribution in [-0.2, 0) is 12.2 Å². The number of halogens is 1. The Labute approximate surface area is 118 Å². The molecule has 0 spiro atoms. The zero-order chi connectivity index (χ0) is 12.5. The summed E-state index contributed by atoms with van der Waals surface area (Å²) in [6.07, 6.45) is 0.930. The van der Waals surface area contributed by atoms with Crippen molar-refractivity contribution < 1.29 is 4.74 Å². The molecule has 0 saturated carbocycles. The van der Waals surface area contributed by atoms with Gasteiger partial charge in [-0.15, -0.1) is 10.2 Å². The second-order valence-corrected chi connectivity index (χ2v) is 6.51. The lowest BCUT2D eigenvalue weighted by Crippen LogP contribution is -1.90. The first-order valence-corrected chi connectivity index (χ1v) is 7.56. The molecule has 0 atom stereocenters. The van der Waals surface area contributed by atoms with Crippen LogP contribution < -0.4 is 10.5 Å². The molecule has 1 aliphatic heterocycles. The van der Waals surface area contributed by atoms with Gasteiger partial charge in [0.05, 0.1) is 6.61 Å². The maximum atomic E-state index is 6.10. The molecule has 0 unspecified atom stereocenters. The first kappa shape index (κ1) is 12.1. The van der Waals surface area contributed by atoms with Gasteiger partial charge in [-0.1, -0.05) is 34.7 Å². The van der Waals surface area contributed by atoms with Crippen molar-refractivity contribution in [3.63, 3.8) is 0 Å². The van der Waals surface area contributed by atoms with Gasteiger partial charge in [0.15, 0.2) is 4.34 Å². The summed E-state index contributed by atoms with van der Waals surface area (Å²) >= 11 is 9.09. The number of anilines is 1. The molecule has 0 amide bonds. The Kier molecular flexibility index (Phi) is 3.32. The lowest BCUT2D eigenvalue weighted by atomic mass is 10.1. The monoisotopic (exact) mass is 299 g/mol. The Morgan fingerprint density at radius 1 is 1.44 bits per heavy atom. The van der Waals surface area contributed by atoms with E-state index >= 15 is 0 Å². The Bertz CT molecular complexity index is 588. The third-order valence-electron chi connectivity index (χ3n) is 2.60. The first-order chi connectivity index (χ1) is 8.72. The first-order valence-electron chi connectivity index (χ1n) is 5.38. The Balaban J connectivity index is 1.80. The fraction of sp³-hybridized carbons (Fsp3) is 0.273. The van der Waals surface area contributed by atoms with Crippen molar-refractivity contribution in [2.75, 3.05) is 12.3 Å². The Morgan fingerprint density at radius 3 is 3.11 bits per heavy atom. The highest BCUT2D eigenvalue weighted by Crippen LogP contribution is 2.37. The molecule has 4 nitrogen and oxygen atoms in total.